The molecule has 0 atom stereocenters. The minimum atomic E-state index is -3.40. The molecule has 0 aliphatic heterocycles. The maximum atomic E-state index is 12.1. The fraction of sp³-hybridized carbons (Fsp3) is 0.308. The van der Waals surface area contributed by atoms with Gasteiger partial charge < -0.3 is 5.32 Å². The zero-order valence-electron chi connectivity index (χ0n) is 11.5. The number of nitrogens with zero attached hydrogens (tertiary/aromatic N) is 4. The first-order valence-corrected chi connectivity index (χ1v) is 7.94. The molecule has 7 nitrogen and oxygen atoms in total. The maximum Gasteiger partial charge on any atom is 0.179 e. The number of rotatable bonds is 6. The lowest BCUT2D eigenvalue weighted by atomic mass is 10.2. The first-order chi connectivity index (χ1) is 10.0. The number of sulfone groups is 1. The van der Waals surface area contributed by atoms with Crippen LogP contribution in [0.2, 0.25) is 0 Å². The van der Waals surface area contributed by atoms with Crippen LogP contribution in [0.25, 0.3) is 0 Å². The van der Waals surface area contributed by atoms with Crippen LogP contribution < -0.4 is 5.32 Å². The number of hydrogen-bond donors (Lipinski definition) is 1. The molecule has 2 aromatic rings. The van der Waals surface area contributed by atoms with Crippen LogP contribution in [0.5, 0.6) is 0 Å². The molecule has 110 valence electrons. The lowest BCUT2D eigenvalue weighted by Gasteiger charge is -2.05. The second-order valence-electron chi connectivity index (χ2n) is 4.47. The van der Waals surface area contributed by atoms with Gasteiger partial charge in [-0.3, -0.25) is 4.68 Å². The first kappa shape index (κ1) is 15.2. The van der Waals surface area contributed by atoms with Gasteiger partial charge in [-0.25, -0.2) is 13.4 Å². The quantitative estimate of drug-likeness (QED) is 0.768. The van der Waals surface area contributed by atoms with Crippen molar-refractivity contribution in [2.45, 2.75) is 11.4 Å². The molecule has 0 saturated carbocycles. The van der Waals surface area contributed by atoms with Crippen molar-refractivity contribution in [2.24, 2.45) is 7.05 Å². The van der Waals surface area contributed by atoms with Gasteiger partial charge in [0.25, 0.3) is 0 Å². The van der Waals surface area contributed by atoms with Gasteiger partial charge >= 0.3 is 0 Å². The van der Waals surface area contributed by atoms with E-state index in [4.69, 9.17) is 5.26 Å². The zero-order chi connectivity index (χ0) is 15.3. The molecular weight excluding hydrogens is 290 g/mol. The summed E-state index contributed by atoms with van der Waals surface area (Å²) in [6.07, 6.45) is 1.58. The molecule has 0 bridgehead atoms. The third kappa shape index (κ3) is 4.11. The van der Waals surface area contributed by atoms with E-state index in [2.05, 4.69) is 15.4 Å². The molecule has 0 aliphatic carbocycles. The third-order valence-corrected chi connectivity index (χ3v) is 4.51. The van der Waals surface area contributed by atoms with E-state index in [-0.39, 0.29) is 17.2 Å². The Balaban J connectivity index is 1.90. The zero-order valence-corrected chi connectivity index (χ0v) is 12.3. The summed E-state index contributed by atoms with van der Waals surface area (Å²) in [5.74, 6) is 0.565. The van der Waals surface area contributed by atoms with E-state index in [1.807, 2.05) is 6.07 Å². The molecular formula is C13H15N5O2S. The standard InChI is InChI=1S/C13H15N5O2S/c1-18-10-16-13(17-18)9-15-5-6-21(19,20)12-4-2-3-11(7-12)8-14/h2-4,7,10,15H,5-6,9H2,1H3. The van der Waals surface area contributed by atoms with Crippen molar-refractivity contribution in [2.75, 3.05) is 12.3 Å². The van der Waals surface area contributed by atoms with Gasteiger partial charge in [-0.05, 0) is 18.2 Å². The van der Waals surface area contributed by atoms with Crippen LogP contribution in [0.1, 0.15) is 11.4 Å². The van der Waals surface area contributed by atoms with Crippen LogP contribution in [0.15, 0.2) is 35.5 Å². The summed E-state index contributed by atoms with van der Waals surface area (Å²) < 4.78 is 25.8. The Morgan fingerprint density at radius 3 is 2.90 bits per heavy atom. The highest BCUT2D eigenvalue weighted by Crippen LogP contribution is 2.12. The highest BCUT2D eigenvalue weighted by atomic mass is 32.2. The topological polar surface area (TPSA) is 101 Å². The Labute approximate surface area is 123 Å². The highest BCUT2D eigenvalue weighted by molar-refractivity contribution is 7.91. The van der Waals surface area contributed by atoms with Crippen molar-refractivity contribution in [1.29, 1.82) is 5.26 Å². The van der Waals surface area contributed by atoms with Crippen molar-refractivity contribution in [3.05, 3.63) is 42.0 Å². The molecule has 1 N–H and O–H groups in total. The molecule has 1 heterocycles. The first-order valence-electron chi connectivity index (χ1n) is 6.29. The maximum absolute atomic E-state index is 12.1. The molecule has 1 aromatic heterocycles. The van der Waals surface area contributed by atoms with Crippen LogP contribution >= 0.6 is 0 Å². The molecule has 1 aromatic carbocycles. The Hall–Kier alpha value is -2.24. The Kier molecular flexibility index (Phi) is 4.67. The average molecular weight is 305 g/mol. The van der Waals surface area contributed by atoms with Crippen LogP contribution in [-0.4, -0.2) is 35.5 Å². The fourth-order valence-electron chi connectivity index (χ4n) is 1.75. The van der Waals surface area contributed by atoms with E-state index in [1.165, 1.54) is 12.1 Å². The average Bonchev–Trinajstić information content (AvgIpc) is 2.89. The third-order valence-electron chi connectivity index (χ3n) is 2.80. The van der Waals surface area contributed by atoms with Crippen LogP contribution in [0.4, 0.5) is 0 Å². The number of nitriles is 1. The Morgan fingerprint density at radius 1 is 1.43 bits per heavy atom. The second-order valence-corrected chi connectivity index (χ2v) is 6.58. The van der Waals surface area contributed by atoms with Gasteiger partial charge in [-0.1, -0.05) is 6.07 Å². The molecule has 0 radical (unpaired) electrons. The highest BCUT2D eigenvalue weighted by Gasteiger charge is 2.14. The Morgan fingerprint density at radius 2 is 2.24 bits per heavy atom. The van der Waals surface area contributed by atoms with Gasteiger partial charge in [0.1, 0.15) is 6.33 Å². The van der Waals surface area contributed by atoms with Crippen LogP contribution in [-0.2, 0) is 23.4 Å². The lowest BCUT2D eigenvalue weighted by molar-refractivity contribution is 0.589. The van der Waals surface area contributed by atoms with Gasteiger partial charge in [0.2, 0.25) is 0 Å². The van der Waals surface area contributed by atoms with E-state index in [9.17, 15) is 8.42 Å². The van der Waals surface area contributed by atoms with Gasteiger partial charge in [0.05, 0.1) is 28.8 Å². The summed E-state index contributed by atoms with van der Waals surface area (Å²) >= 11 is 0. The molecule has 0 saturated heterocycles. The molecule has 8 heteroatoms. The lowest BCUT2D eigenvalue weighted by Crippen LogP contribution is -2.23. The molecule has 0 amide bonds. The fourth-order valence-corrected chi connectivity index (χ4v) is 2.99. The van der Waals surface area contributed by atoms with Crippen LogP contribution in [0.3, 0.4) is 0 Å². The predicted octanol–water partition coefficient (Wildman–Crippen LogP) is 0.250. The normalized spacial score (nSPS) is 11.2. The molecule has 0 aliphatic rings. The van der Waals surface area contributed by atoms with E-state index in [0.717, 1.165) is 0 Å². The number of nitrogens with one attached hydrogen (secondary N) is 1. The minimum absolute atomic E-state index is 0.0469. The second kappa shape index (κ2) is 6.47. The molecule has 0 fully saturated rings. The smallest absolute Gasteiger partial charge is 0.179 e. The summed E-state index contributed by atoms with van der Waals surface area (Å²) in [6.45, 7) is 0.700. The van der Waals surface area contributed by atoms with Crippen molar-refractivity contribution in [3.8, 4) is 6.07 Å². The van der Waals surface area contributed by atoms with Crippen molar-refractivity contribution in [3.63, 3.8) is 0 Å². The summed E-state index contributed by atoms with van der Waals surface area (Å²) in [7, 11) is -1.63. The summed E-state index contributed by atoms with van der Waals surface area (Å²) in [5, 5.41) is 15.9. The van der Waals surface area contributed by atoms with E-state index >= 15 is 0 Å². The van der Waals surface area contributed by atoms with E-state index < -0.39 is 9.84 Å². The number of benzene rings is 1. The van der Waals surface area contributed by atoms with Gasteiger partial charge in [-0.15, -0.1) is 0 Å². The van der Waals surface area contributed by atoms with Gasteiger partial charge in [-0.2, -0.15) is 10.4 Å². The van der Waals surface area contributed by atoms with Crippen LogP contribution in [0, 0.1) is 11.3 Å². The Bertz CT molecular complexity index is 761. The monoisotopic (exact) mass is 305 g/mol. The number of aryl methyl sites for hydroxylation is 1. The summed E-state index contributed by atoms with van der Waals surface area (Å²) in [5.41, 5.74) is 0.335. The number of hydrogen-bond acceptors (Lipinski definition) is 6. The van der Waals surface area contributed by atoms with E-state index in [0.29, 0.717) is 17.9 Å². The minimum Gasteiger partial charge on any atom is -0.309 e. The van der Waals surface area contributed by atoms with Crippen molar-refractivity contribution < 1.29 is 8.42 Å². The van der Waals surface area contributed by atoms with Crippen molar-refractivity contribution >= 4 is 9.84 Å². The summed E-state index contributed by atoms with van der Waals surface area (Å²) in [4.78, 5) is 4.20. The molecule has 21 heavy (non-hydrogen) atoms. The molecule has 0 unspecified atom stereocenters. The van der Waals surface area contributed by atoms with Gasteiger partial charge in [0, 0.05) is 13.6 Å². The largest absolute Gasteiger partial charge is 0.309 e. The predicted molar refractivity (Wildman–Crippen MR) is 75.9 cm³/mol. The van der Waals surface area contributed by atoms with E-state index in [1.54, 1.807) is 30.2 Å². The number of aromatic nitrogens is 3. The SMILES string of the molecule is Cn1cnc(CNCCS(=O)(=O)c2cccc(C#N)c2)n1. The van der Waals surface area contributed by atoms with Gasteiger partial charge in [0.15, 0.2) is 15.7 Å². The summed E-state index contributed by atoms with van der Waals surface area (Å²) in [6, 6.07) is 7.95. The molecule has 2 rings (SSSR count). The van der Waals surface area contributed by atoms with Crippen molar-refractivity contribution in [1.82, 2.24) is 20.1 Å². The molecule has 0 spiro atoms.